The van der Waals surface area contributed by atoms with Crippen LogP contribution < -0.4 is 0 Å². The number of ketones is 2. The average Bonchev–Trinajstić information content (AvgIpc) is 3.40. The molecule has 6 nitrogen and oxygen atoms in total. The molecule has 2 aromatic rings. The van der Waals surface area contributed by atoms with Crippen LogP contribution in [0.1, 0.15) is 57.9 Å². The summed E-state index contributed by atoms with van der Waals surface area (Å²) in [6.07, 6.45) is 4.64. The molecule has 0 atom stereocenters. The molecule has 0 aliphatic heterocycles. The Kier molecular flexibility index (Phi) is 7.50. The first-order valence-corrected chi connectivity index (χ1v) is 11.1. The molecule has 0 saturated heterocycles. The second kappa shape index (κ2) is 10.1. The first kappa shape index (κ1) is 22.3. The normalized spacial score (nSPS) is 14.1. The van der Waals surface area contributed by atoms with Gasteiger partial charge in [-0.2, -0.15) is 0 Å². The maximum atomic E-state index is 13.0. The van der Waals surface area contributed by atoms with Crippen LogP contribution >= 0.6 is 11.3 Å². The van der Waals surface area contributed by atoms with Gasteiger partial charge < -0.3 is 0 Å². The topological polar surface area (TPSA) is 76.6 Å². The van der Waals surface area contributed by atoms with E-state index >= 15 is 0 Å². The van der Waals surface area contributed by atoms with Gasteiger partial charge in [-0.1, -0.05) is 30.5 Å². The van der Waals surface area contributed by atoms with Crippen molar-refractivity contribution in [3.05, 3.63) is 51.0 Å². The fourth-order valence-electron chi connectivity index (χ4n) is 3.80. The fraction of sp³-hybridized carbons (Fsp3) is 0.478. The van der Waals surface area contributed by atoms with Gasteiger partial charge in [0.1, 0.15) is 10.8 Å². The molecule has 1 aliphatic carbocycles. The second-order valence-corrected chi connectivity index (χ2v) is 8.82. The van der Waals surface area contributed by atoms with Crippen molar-refractivity contribution in [1.29, 1.82) is 0 Å². The molecule has 3 rings (SSSR count). The molecule has 1 heterocycles. The molecule has 0 radical (unpaired) electrons. The summed E-state index contributed by atoms with van der Waals surface area (Å²) in [5.74, 6) is 0.0808. The van der Waals surface area contributed by atoms with E-state index in [0.29, 0.717) is 16.3 Å². The van der Waals surface area contributed by atoms with E-state index in [1.54, 1.807) is 12.4 Å². The van der Waals surface area contributed by atoms with Crippen molar-refractivity contribution < 1.29 is 19.2 Å². The molecule has 0 unspecified atom stereocenters. The zero-order valence-electron chi connectivity index (χ0n) is 17.8. The van der Waals surface area contributed by atoms with Gasteiger partial charge in [-0.05, 0) is 31.4 Å². The van der Waals surface area contributed by atoms with E-state index in [9.17, 15) is 14.4 Å². The van der Waals surface area contributed by atoms with Crippen molar-refractivity contribution in [2.45, 2.75) is 51.9 Å². The smallest absolute Gasteiger partial charge is 0.251 e. The summed E-state index contributed by atoms with van der Waals surface area (Å²) in [6.45, 7) is 1.97. The van der Waals surface area contributed by atoms with Gasteiger partial charge in [-0.3, -0.25) is 19.2 Å². The number of carbonyl (C=O) groups is 3. The van der Waals surface area contributed by atoms with Gasteiger partial charge in [0.25, 0.3) is 5.91 Å². The van der Waals surface area contributed by atoms with E-state index in [0.717, 1.165) is 41.9 Å². The lowest BCUT2D eigenvalue weighted by molar-refractivity contribution is -0.167. The number of amides is 1. The highest BCUT2D eigenvalue weighted by Gasteiger charge is 2.26. The van der Waals surface area contributed by atoms with Crippen LogP contribution in [0.5, 0.6) is 0 Å². The Morgan fingerprint density at radius 1 is 1.17 bits per heavy atom. The van der Waals surface area contributed by atoms with Crippen molar-refractivity contribution in [1.82, 2.24) is 10.0 Å². The monoisotopic (exact) mass is 428 g/mol. The highest BCUT2D eigenvalue weighted by atomic mass is 32.1. The van der Waals surface area contributed by atoms with Crippen LogP contribution in [0.4, 0.5) is 0 Å². The maximum Gasteiger partial charge on any atom is 0.251 e. The first-order valence-electron chi connectivity index (χ1n) is 10.3. The van der Waals surface area contributed by atoms with E-state index in [4.69, 9.17) is 4.84 Å². The second-order valence-electron chi connectivity index (χ2n) is 7.88. The van der Waals surface area contributed by atoms with E-state index in [1.807, 2.05) is 25.1 Å². The van der Waals surface area contributed by atoms with Gasteiger partial charge in [0, 0.05) is 30.3 Å². The fourth-order valence-corrected chi connectivity index (χ4v) is 4.63. The molecule has 1 aliphatic rings. The van der Waals surface area contributed by atoms with Gasteiger partial charge in [-0.25, -0.2) is 10.0 Å². The van der Waals surface area contributed by atoms with Crippen molar-refractivity contribution in [2.24, 2.45) is 5.92 Å². The highest BCUT2D eigenvalue weighted by Crippen LogP contribution is 2.29. The number of benzene rings is 1. The standard InChI is InChI=1S/C23H28N2O4S/c1-15-8-9-17(20(10-15)23(28)16-6-4-5-7-16)11-19(26)13-21-24-18(14-30-21)12-22(27)25(2)29-3/h8-10,14,16H,4-7,11-13H2,1-3H3. The minimum absolute atomic E-state index is 0.0144. The number of aryl methyl sites for hydroxylation is 1. The number of aromatic nitrogens is 1. The van der Waals surface area contributed by atoms with Crippen molar-refractivity contribution in [2.75, 3.05) is 14.2 Å². The van der Waals surface area contributed by atoms with E-state index < -0.39 is 0 Å². The zero-order chi connectivity index (χ0) is 21.7. The molecule has 0 N–H and O–H groups in total. The number of hydroxylamine groups is 2. The Morgan fingerprint density at radius 2 is 1.90 bits per heavy atom. The third-order valence-corrected chi connectivity index (χ3v) is 6.45. The third-order valence-electron chi connectivity index (χ3n) is 5.55. The molecule has 30 heavy (non-hydrogen) atoms. The minimum Gasteiger partial charge on any atom is -0.299 e. The third kappa shape index (κ3) is 5.61. The summed E-state index contributed by atoms with van der Waals surface area (Å²) < 4.78 is 0. The van der Waals surface area contributed by atoms with Gasteiger partial charge >= 0.3 is 0 Å². The summed E-state index contributed by atoms with van der Waals surface area (Å²) in [6, 6.07) is 5.78. The largest absolute Gasteiger partial charge is 0.299 e. The number of Topliss-reactive ketones (excluding diaryl/α,β-unsaturated/α-hetero) is 2. The van der Waals surface area contributed by atoms with E-state index in [1.165, 1.54) is 18.4 Å². The van der Waals surface area contributed by atoms with Crippen LogP contribution in [0.25, 0.3) is 0 Å². The van der Waals surface area contributed by atoms with Crippen LogP contribution in [0, 0.1) is 12.8 Å². The lowest BCUT2D eigenvalue weighted by Crippen LogP contribution is -2.27. The van der Waals surface area contributed by atoms with Crippen LogP contribution in [0.15, 0.2) is 23.6 Å². The summed E-state index contributed by atoms with van der Waals surface area (Å²) in [7, 11) is 2.98. The Hall–Kier alpha value is -2.38. The number of hydrogen-bond donors (Lipinski definition) is 0. The number of nitrogens with zero attached hydrogens (tertiary/aromatic N) is 2. The summed E-state index contributed by atoms with van der Waals surface area (Å²) in [5.41, 5.74) is 3.16. The van der Waals surface area contributed by atoms with E-state index in [2.05, 4.69) is 4.98 Å². The number of hydrogen-bond acceptors (Lipinski definition) is 6. The molecule has 1 aromatic carbocycles. The van der Waals surface area contributed by atoms with E-state index in [-0.39, 0.29) is 42.7 Å². The number of thiazole rings is 1. The Morgan fingerprint density at radius 3 is 2.60 bits per heavy atom. The lowest BCUT2D eigenvalue weighted by Gasteiger charge is -2.13. The SMILES string of the molecule is CON(C)C(=O)Cc1csc(CC(=O)Cc2ccc(C)cc2C(=O)C2CCCC2)n1. The summed E-state index contributed by atoms with van der Waals surface area (Å²) >= 11 is 1.37. The molecule has 1 aromatic heterocycles. The van der Waals surface area contributed by atoms with Gasteiger partial charge in [0.15, 0.2) is 5.78 Å². The van der Waals surface area contributed by atoms with Crippen LogP contribution in [-0.4, -0.2) is 41.7 Å². The Bertz CT molecular complexity index is 931. The predicted octanol–water partition coefficient (Wildman–Crippen LogP) is 3.74. The molecular weight excluding hydrogens is 400 g/mol. The van der Waals surface area contributed by atoms with Crippen molar-refractivity contribution in [3.8, 4) is 0 Å². The van der Waals surface area contributed by atoms with Gasteiger partial charge in [0.05, 0.1) is 25.6 Å². The van der Waals surface area contributed by atoms with Crippen LogP contribution in [0.3, 0.4) is 0 Å². The quantitative estimate of drug-likeness (QED) is 0.449. The molecule has 7 heteroatoms. The number of rotatable bonds is 9. The van der Waals surface area contributed by atoms with Crippen molar-refractivity contribution >= 4 is 28.8 Å². The van der Waals surface area contributed by atoms with Crippen molar-refractivity contribution in [3.63, 3.8) is 0 Å². The summed E-state index contributed by atoms with van der Waals surface area (Å²) in [4.78, 5) is 46.9. The zero-order valence-corrected chi connectivity index (χ0v) is 18.6. The molecule has 0 spiro atoms. The average molecular weight is 429 g/mol. The number of carbonyl (C=O) groups excluding carboxylic acids is 3. The van der Waals surface area contributed by atoms with Gasteiger partial charge in [-0.15, -0.1) is 11.3 Å². The highest BCUT2D eigenvalue weighted by molar-refractivity contribution is 7.09. The Labute approximate surface area is 181 Å². The lowest BCUT2D eigenvalue weighted by atomic mass is 9.90. The minimum atomic E-state index is -0.199. The maximum absolute atomic E-state index is 13.0. The molecule has 1 fully saturated rings. The molecule has 160 valence electrons. The Balaban J connectivity index is 1.65. The molecule has 1 amide bonds. The van der Waals surface area contributed by atoms with Gasteiger partial charge in [0.2, 0.25) is 0 Å². The number of likely N-dealkylation sites (N-methyl/N-ethyl adjacent to an activating group) is 1. The predicted molar refractivity (Wildman–Crippen MR) is 115 cm³/mol. The summed E-state index contributed by atoms with van der Waals surface area (Å²) in [5, 5.41) is 3.63. The molecule has 0 bridgehead atoms. The molecular formula is C23H28N2O4S. The van der Waals surface area contributed by atoms with Crippen LogP contribution in [0.2, 0.25) is 0 Å². The molecule has 1 saturated carbocycles. The van der Waals surface area contributed by atoms with Crippen LogP contribution in [-0.2, 0) is 33.7 Å². The first-order chi connectivity index (χ1) is 14.4.